The zero-order valence-corrected chi connectivity index (χ0v) is 9.61. The number of allylic oxidation sites excluding steroid dienone is 4. The molecule has 1 aromatic rings. The fourth-order valence-electron chi connectivity index (χ4n) is 0.884. The van der Waals surface area contributed by atoms with E-state index in [4.69, 9.17) is 16.9 Å². The van der Waals surface area contributed by atoms with E-state index in [2.05, 4.69) is 24.2 Å². The maximum absolute atomic E-state index is 8.49. The molecular formula is C11H9ClN2S. The van der Waals surface area contributed by atoms with Crippen molar-refractivity contribution in [2.45, 2.75) is 6.42 Å². The van der Waals surface area contributed by atoms with E-state index < -0.39 is 0 Å². The highest BCUT2D eigenvalue weighted by Crippen LogP contribution is 2.18. The minimum atomic E-state index is 0.337. The van der Waals surface area contributed by atoms with Crippen molar-refractivity contribution in [1.82, 2.24) is 4.98 Å². The highest BCUT2D eigenvalue weighted by atomic mass is 35.5. The van der Waals surface area contributed by atoms with Gasteiger partial charge in [-0.15, -0.1) is 11.3 Å². The van der Waals surface area contributed by atoms with E-state index in [9.17, 15) is 0 Å². The SMILES string of the molecule is C=C(Cl)/C=C\C(=C)c1csc(CC#N)n1. The molecule has 76 valence electrons. The summed E-state index contributed by atoms with van der Waals surface area (Å²) in [6.45, 7) is 7.38. The maximum Gasteiger partial charge on any atom is 0.107 e. The lowest BCUT2D eigenvalue weighted by Gasteiger charge is -1.92. The van der Waals surface area contributed by atoms with E-state index in [1.807, 2.05) is 5.38 Å². The minimum Gasteiger partial charge on any atom is -0.240 e. The minimum absolute atomic E-state index is 0.337. The summed E-state index contributed by atoms with van der Waals surface area (Å²) in [6.07, 6.45) is 3.75. The summed E-state index contributed by atoms with van der Waals surface area (Å²) in [5, 5.41) is 11.6. The quantitative estimate of drug-likeness (QED) is 0.750. The molecule has 4 heteroatoms. The van der Waals surface area contributed by atoms with Gasteiger partial charge in [0.05, 0.1) is 18.2 Å². The molecule has 1 heterocycles. The average Bonchev–Trinajstić information content (AvgIpc) is 2.63. The number of hydrogen-bond acceptors (Lipinski definition) is 3. The molecule has 0 bridgehead atoms. The van der Waals surface area contributed by atoms with Crippen LogP contribution in [0.25, 0.3) is 5.57 Å². The van der Waals surface area contributed by atoms with Crippen LogP contribution in [0.3, 0.4) is 0 Å². The first-order valence-electron chi connectivity index (χ1n) is 4.16. The van der Waals surface area contributed by atoms with Gasteiger partial charge in [0, 0.05) is 10.4 Å². The Labute approximate surface area is 97.8 Å². The second-order valence-corrected chi connectivity index (χ2v) is 4.19. The molecule has 0 spiro atoms. The van der Waals surface area contributed by atoms with E-state index in [-0.39, 0.29) is 0 Å². The van der Waals surface area contributed by atoms with Crippen molar-refractivity contribution in [3.8, 4) is 6.07 Å². The van der Waals surface area contributed by atoms with Crippen LogP contribution >= 0.6 is 22.9 Å². The molecular weight excluding hydrogens is 228 g/mol. The molecule has 0 unspecified atom stereocenters. The molecule has 0 atom stereocenters. The summed E-state index contributed by atoms with van der Waals surface area (Å²) in [5.74, 6) is 0. The van der Waals surface area contributed by atoms with Crippen molar-refractivity contribution in [3.63, 3.8) is 0 Å². The van der Waals surface area contributed by atoms with Gasteiger partial charge >= 0.3 is 0 Å². The van der Waals surface area contributed by atoms with Crippen LogP contribution in [0, 0.1) is 11.3 Å². The Hall–Kier alpha value is -1.37. The van der Waals surface area contributed by atoms with Crippen LogP contribution in [0.5, 0.6) is 0 Å². The molecule has 2 nitrogen and oxygen atoms in total. The molecule has 0 N–H and O–H groups in total. The summed E-state index contributed by atoms with van der Waals surface area (Å²) in [7, 11) is 0. The van der Waals surface area contributed by atoms with Gasteiger partial charge in [-0.2, -0.15) is 5.26 Å². The third kappa shape index (κ3) is 3.70. The van der Waals surface area contributed by atoms with Crippen LogP contribution in [0.15, 0.2) is 35.7 Å². The van der Waals surface area contributed by atoms with E-state index >= 15 is 0 Å². The lowest BCUT2D eigenvalue weighted by Crippen LogP contribution is -1.82. The van der Waals surface area contributed by atoms with Crippen LogP contribution in [-0.2, 0) is 6.42 Å². The third-order valence-electron chi connectivity index (χ3n) is 1.58. The van der Waals surface area contributed by atoms with Gasteiger partial charge in [-0.05, 0) is 11.6 Å². The number of thiazole rings is 1. The lowest BCUT2D eigenvalue weighted by atomic mass is 10.2. The van der Waals surface area contributed by atoms with Crippen molar-refractivity contribution in [3.05, 3.63) is 46.4 Å². The Balaban J connectivity index is 2.75. The number of rotatable bonds is 4. The molecule has 0 fully saturated rings. The first-order chi connectivity index (χ1) is 7.13. The summed E-state index contributed by atoms with van der Waals surface area (Å²) in [6, 6.07) is 2.05. The molecule has 0 amide bonds. The molecule has 0 aromatic carbocycles. The Morgan fingerprint density at radius 2 is 2.33 bits per heavy atom. The van der Waals surface area contributed by atoms with E-state index in [0.29, 0.717) is 11.5 Å². The van der Waals surface area contributed by atoms with Gasteiger partial charge in [0.2, 0.25) is 0 Å². The molecule has 1 rings (SSSR count). The molecule has 1 aromatic heterocycles. The number of aromatic nitrogens is 1. The van der Waals surface area contributed by atoms with Crippen LogP contribution in [0.2, 0.25) is 0 Å². The molecule has 0 aliphatic heterocycles. The van der Waals surface area contributed by atoms with Crippen LogP contribution in [0.1, 0.15) is 10.7 Å². The number of nitriles is 1. The Morgan fingerprint density at radius 3 is 2.93 bits per heavy atom. The maximum atomic E-state index is 8.49. The summed E-state index contributed by atoms with van der Waals surface area (Å²) in [4.78, 5) is 4.25. The van der Waals surface area contributed by atoms with Gasteiger partial charge < -0.3 is 0 Å². The van der Waals surface area contributed by atoms with E-state index in [1.165, 1.54) is 11.3 Å². The van der Waals surface area contributed by atoms with Gasteiger partial charge in [0.25, 0.3) is 0 Å². The predicted octanol–water partition coefficient (Wildman–Crippen LogP) is 3.53. The highest BCUT2D eigenvalue weighted by Gasteiger charge is 2.02. The fourth-order valence-corrected chi connectivity index (χ4v) is 1.70. The van der Waals surface area contributed by atoms with Crippen molar-refractivity contribution < 1.29 is 0 Å². The molecule has 0 aliphatic carbocycles. The van der Waals surface area contributed by atoms with Crippen LogP contribution in [0.4, 0.5) is 0 Å². The normalized spacial score (nSPS) is 10.1. The predicted molar refractivity (Wildman–Crippen MR) is 64.6 cm³/mol. The Morgan fingerprint density at radius 1 is 1.60 bits per heavy atom. The smallest absolute Gasteiger partial charge is 0.107 e. The van der Waals surface area contributed by atoms with Gasteiger partial charge in [-0.1, -0.05) is 30.8 Å². The zero-order valence-electron chi connectivity index (χ0n) is 8.03. The van der Waals surface area contributed by atoms with Crippen LogP contribution < -0.4 is 0 Å². The van der Waals surface area contributed by atoms with Crippen molar-refractivity contribution >= 4 is 28.5 Å². The molecule has 0 saturated heterocycles. The fraction of sp³-hybridized carbons (Fsp3) is 0.0909. The standard InChI is InChI=1S/C11H9ClN2S/c1-8(3-4-9(2)12)10-7-15-11(14-10)5-6-13/h3-4,7H,1-2,5H2/b4-3-. The first-order valence-corrected chi connectivity index (χ1v) is 5.42. The van der Waals surface area contributed by atoms with Crippen molar-refractivity contribution in [2.75, 3.05) is 0 Å². The molecule has 0 saturated carbocycles. The monoisotopic (exact) mass is 236 g/mol. The van der Waals surface area contributed by atoms with Gasteiger partial charge in [0.1, 0.15) is 5.01 Å². The second kappa shape index (κ2) is 5.50. The van der Waals surface area contributed by atoms with E-state index in [1.54, 1.807) is 12.2 Å². The van der Waals surface area contributed by atoms with Gasteiger partial charge in [0.15, 0.2) is 0 Å². The Bertz CT molecular complexity index is 451. The topological polar surface area (TPSA) is 36.7 Å². The van der Waals surface area contributed by atoms with Gasteiger partial charge in [-0.25, -0.2) is 4.98 Å². The number of halogens is 1. The first kappa shape index (κ1) is 11.7. The lowest BCUT2D eigenvalue weighted by molar-refractivity contribution is 1.17. The molecule has 15 heavy (non-hydrogen) atoms. The third-order valence-corrected chi connectivity index (χ3v) is 2.55. The summed E-state index contributed by atoms with van der Waals surface area (Å²) < 4.78 is 0. The second-order valence-electron chi connectivity index (χ2n) is 2.77. The molecule has 0 aliphatic rings. The van der Waals surface area contributed by atoms with Crippen LogP contribution in [-0.4, -0.2) is 4.98 Å². The summed E-state index contributed by atoms with van der Waals surface area (Å²) >= 11 is 7.03. The van der Waals surface area contributed by atoms with Crippen molar-refractivity contribution in [2.24, 2.45) is 0 Å². The number of hydrogen-bond donors (Lipinski definition) is 0. The number of nitrogens with zero attached hydrogens (tertiary/aromatic N) is 2. The Kier molecular flexibility index (Phi) is 4.29. The average molecular weight is 237 g/mol. The highest BCUT2D eigenvalue weighted by molar-refractivity contribution is 7.09. The molecule has 0 radical (unpaired) electrons. The largest absolute Gasteiger partial charge is 0.240 e. The van der Waals surface area contributed by atoms with E-state index in [0.717, 1.165) is 16.3 Å². The summed E-state index contributed by atoms with van der Waals surface area (Å²) in [5.41, 5.74) is 1.54. The van der Waals surface area contributed by atoms with Crippen molar-refractivity contribution in [1.29, 1.82) is 5.26 Å². The zero-order chi connectivity index (χ0) is 11.3. The van der Waals surface area contributed by atoms with Gasteiger partial charge in [-0.3, -0.25) is 0 Å².